The van der Waals surface area contributed by atoms with Crippen molar-refractivity contribution < 1.29 is 19.7 Å². The van der Waals surface area contributed by atoms with Gasteiger partial charge in [-0.05, 0) is 30.2 Å². The van der Waals surface area contributed by atoms with Crippen LogP contribution >= 0.6 is 0 Å². The first-order chi connectivity index (χ1) is 11.0. The summed E-state index contributed by atoms with van der Waals surface area (Å²) in [6.45, 7) is 2.95. The number of carboxylic acids is 1. The van der Waals surface area contributed by atoms with Gasteiger partial charge in [-0.15, -0.1) is 0 Å². The number of aliphatic hydroxyl groups is 1. The minimum absolute atomic E-state index is 0.00707. The second-order valence-electron chi connectivity index (χ2n) is 5.57. The van der Waals surface area contributed by atoms with Crippen LogP contribution in [-0.2, 0) is 11.2 Å². The van der Waals surface area contributed by atoms with Gasteiger partial charge in [-0.2, -0.15) is 0 Å². The van der Waals surface area contributed by atoms with Crippen LogP contribution in [0, 0.1) is 5.92 Å². The van der Waals surface area contributed by atoms with Gasteiger partial charge in [-0.25, -0.2) is 0 Å². The zero-order valence-electron chi connectivity index (χ0n) is 13.2. The lowest BCUT2D eigenvalue weighted by Gasteiger charge is -2.34. The van der Waals surface area contributed by atoms with E-state index in [0.29, 0.717) is 18.9 Å². The predicted molar refractivity (Wildman–Crippen MR) is 88.3 cm³/mol. The van der Waals surface area contributed by atoms with Gasteiger partial charge in [0.1, 0.15) is 18.1 Å². The number of hydrogen-bond donors (Lipinski definition) is 3. The zero-order chi connectivity index (χ0) is 16.7. The highest BCUT2D eigenvalue weighted by Gasteiger charge is 2.31. The number of allylic oxidation sites excluding steroid dienone is 2. The molecule has 0 bridgehead atoms. The van der Waals surface area contributed by atoms with Gasteiger partial charge in [-0.3, -0.25) is 10.1 Å². The molecule has 2 atom stereocenters. The van der Waals surface area contributed by atoms with E-state index in [1.165, 1.54) is 0 Å². The second kappa shape index (κ2) is 7.94. The molecule has 23 heavy (non-hydrogen) atoms. The molecule has 0 fully saturated rings. The number of carbonyl (C=O) groups is 1. The molecule has 0 radical (unpaired) electrons. The SMILES string of the molecule is CC[C@@H]1C=CC=CC1(O)NCCOc1ccc(CC(=O)O)cc1. The van der Waals surface area contributed by atoms with Crippen molar-refractivity contribution in [2.45, 2.75) is 25.5 Å². The van der Waals surface area contributed by atoms with Crippen LogP contribution in [0.5, 0.6) is 5.75 Å². The van der Waals surface area contributed by atoms with Gasteiger partial charge in [0.25, 0.3) is 0 Å². The highest BCUT2D eigenvalue weighted by Crippen LogP contribution is 2.24. The Morgan fingerprint density at radius 1 is 1.30 bits per heavy atom. The van der Waals surface area contributed by atoms with Crippen molar-refractivity contribution in [2.75, 3.05) is 13.2 Å². The molecule has 2 rings (SSSR count). The van der Waals surface area contributed by atoms with E-state index >= 15 is 0 Å². The van der Waals surface area contributed by atoms with Crippen molar-refractivity contribution in [1.82, 2.24) is 5.32 Å². The van der Waals surface area contributed by atoms with E-state index < -0.39 is 11.7 Å². The third kappa shape index (κ3) is 4.94. The average molecular weight is 317 g/mol. The molecule has 1 unspecified atom stereocenters. The predicted octanol–water partition coefficient (Wildman–Crippen LogP) is 2.12. The van der Waals surface area contributed by atoms with E-state index in [1.807, 2.05) is 25.2 Å². The molecule has 0 heterocycles. The molecule has 1 aliphatic carbocycles. The van der Waals surface area contributed by atoms with Gasteiger partial charge < -0.3 is 14.9 Å². The van der Waals surface area contributed by atoms with Crippen LogP contribution in [0.2, 0.25) is 0 Å². The van der Waals surface area contributed by atoms with Crippen molar-refractivity contribution in [3.8, 4) is 5.75 Å². The summed E-state index contributed by atoms with van der Waals surface area (Å²) in [7, 11) is 0. The summed E-state index contributed by atoms with van der Waals surface area (Å²) in [6.07, 6.45) is 8.39. The fourth-order valence-corrected chi connectivity index (χ4v) is 2.61. The maximum atomic E-state index is 10.6. The number of rotatable bonds is 8. The molecule has 1 aromatic carbocycles. The molecule has 0 saturated heterocycles. The van der Waals surface area contributed by atoms with Gasteiger partial charge in [0, 0.05) is 12.5 Å². The number of nitrogens with one attached hydrogen (secondary N) is 1. The highest BCUT2D eigenvalue weighted by molar-refractivity contribution is 5.70. The molecule has 0 spiro atoms. The first-order valence-corrected chi connectivity index (χ1v) is 7.80. The monoisotopic (exact) mass is 317 g/mol. The van der Waals surface area contributed by atoms with Crippen molar-refractivity contribution in [3.63, 3.8) is 0 Å². The van der Waals surface area contributed by atoms with Gasteiger partial charge in [0.2, 0.25) is 0 Å². The lowest BCUT2D eigenvalue weighted by molar-refractivity contribution is -0.136. The Balaban J connectivity index is 1.78. The van der Waals surface area contributed by atoms with Gasteiger partial charge in [0.05, 0.1) is 6.42 Å². The molecule has 5 nitrogen and oxygen atoms in total. The van der Waals surface area contributed by atoms with E-state index in [-0.39, 0.29) is 12.3 Å². The fourth-order valence-electron chi connectivity index (χ4n) is 2.61. The lowest BCUT2D eigenvalue weighted by Crippen LogP contribution is -2.51. The van der Waals surface area contributed by atoms with Crippen LogP contribution in [0.1, 0.15) is 18.9 Å². The summed E-state index contributed by atoms with van der Waals surface area (Å²) < 4.78 is 5.61. The largest absolute Gasteiger partial charge is 0.492 e. The van der Waals surface area contributed by atoms with Crippen LogP contribution in [-0.4, -0.2) is 35.1 Å². The van der Waals surface area contributed by atoms with Crippen LogP contribution in [0.25, 0.3) is 0 Å². The zero-order valence-corrected chi connectivity index (χ0v) is 13.2. The smallest absolute Gasteiger partial charge is 0.307 e. The van der Waals surface area contributed by atoms with Crippen LogP contribution in [0.3, 0.4) is 0 Å². The summed E-state index contributed by atoms with van der Waals surface area (Å²) in [5.41, 5.74) is -0.291. The molecular weight excluding hydrogens is 294 g/mol. The van der Waals surface area contributed by atoms with E-state index in [4.69, 9.17) is 9.84 Å². The van der Waals surface area contributed by atoms with E-state index in [0.717, 1.165) is 12.0 Å². The van der Waals surface area contributed by atoms with Crippen molar-refractivity contribution >= 4 is 5.97 Å². The Morgan fingerprint density at radius 2 is 2.04 bits per heavy atom. The van der Waals surface area contributed by atoms with Gasteiger partial charge >= 0.3 is 5.97 Å². The number of benzene rings is 1. The van der Waals surface area contributed by atoms with Gasteiger partial charge in [-0.1, -0.05) is 37.3 Å². The molecular formula is C18H23NO4. The topological polar surface area (TPSA) is 78.8 Å². The first-order valence-electron chi connectivity index (χ1n) is 7.80. The second-order valence-corrected chi connectivity index (χ2v) is 5.57. The molecule has 124 valence electrons. The summed E-state index contributed by atoms with van der Waals surface area (Å²) in [6, 6.07) is 6.99. The van der Waals surface area contributed by atoms with E-state index in [9.17, 15) is 9.90 Å². The molecule has 0 aliphatic heterocycles. The van der Waals surface area contributed by atoms with Crippen LogP contribution < -0.4 is 10.1 Å². The minimum atomic E-state index is -1.03. The maximum Gasteiger partial charge on any atom is 0.307 e. The fraction of sp³-hybridized carbons (Fsp3) is 0.389. The van der Waals surface area contributed by atoms with Crippen LogP contribution in [0.4, 0.5) is 0 Å². The third-order valence-electron chi connectivity index (χ3n) is 3.87. The van der Waals surface area contributed by atoms with E-state index in [2.05, 4.69) is 5.32 Å². The summed E-state index contributed by atoms with van der Waals surface area (Å²) in [5.74, 6) is -0.127. The number of aliphatic carboxylic acids is 1. The summed E-state index contributed by atoms with van der Waals surface area (Å²) in [5, 5.41) is 22.4. The Morgan fingerprint density at radius 3 is 2.70 bits per heavy atom. The highest BCUT2D eigenvalue weighted by atomic mass is 16.5. The molecule has 0 saturated carbocycles. The molecule has 1 aromatic rings. The number of carboxylic acid groups (broad SMARTS) is 1. The summed E-state index contributed by atoms with van der Waals surface area (Å²) in [4.78, 5) is 10.6. The number of hydrogen-bond acceptors (Lipinski definition) is 4. The summed E-state index contributed by atoms with van der Waals surface area (Å²) >= 11 is 0. The molecule has 1 aliphatic rings. The average Bonchev–Trinajstić information content (AvgIpc) is 2.53. The molecule has 5 heteroatoms. The molecule has 3 N–H and O–H groups in total. The third-order valence-corrected chi connectivity index (χ3v) is 3.87. The van der Waals surface area contributed by atoms with Crippen molar-refractivity contribution in [2.24, 2.45) is 5.92 Å². The maximum absolute atomic E-state index is 10.6. The lowest BCUT2D eigenvalue weighted by atomic mass is 9.89. The Kier molecular flexibility index (Phi) is 5.96. The minimum Gasteiger partial charge on any atom is -0.492 e. The first kappa shape index (κ1) is 17.2. The van der Waals surface area contributed by atoms with Crippen molar-refractivity contribution in [1.29, 1.82) is 0 Å². The van der Waals surface area contributed by atoms with Gasteiger partial charge in [0.15, 0.2) is 0 Å². The Hall–Kier alpha value is -2.11. The van der Waals surface area contributed by atoms with Crippen LogP contribution in [0.15, 0.2) is 48.6 Å². The van der Waals surface area contributed by atoms with E-state index in [1.54, 1.807) is 30.3 Å². The quantitative estimate of drug-likeness (QED) is 0.506. The Bertz CT molecular complexity index is 579. The normalized spacial score (nSPS) is 23.0. The van der Waals surface area contributed by atoms with Crippen molar-refractivity contribution in [3.05, 3.63) is 54.1 Å². The number of ether oxygens (including phenoxy) is 1. The molecule has 0 aromatic heterocycles. The molecule has 0 amide bonds. The Labute approximate surface area is 136 Å². The standard InChI is InChI=1S/C18H23NO4/c1-2-15-5-3-4-10-18(15,22)19-11-12-23-16-8-6-14(7-9-16)13-17(20)21/h3-10,15,19,22H,2,11-13H2,1H3,(H,20,21)/t15-,18?/m1/s1.